The van der Waals surface area contributed by atoms with Crippen molar-refractivity contribution in [2.75, 3.05) is 33.4 Å². The minimum Gasteiger partial charge on any atom is -0.496 e. The quantitative estimate of drug-likeness (QED) is 0.344. The summed E-state index contributed by atoms with van der Waals surface area (Å²) >= 11 is 0. The van der Waals surface area contributed by atoms with Crippen LogP contribution in [-0.2, 0) is 4.74 Å². The summed E-state index contributed by atoms with van der Waals surface area (Å²) in [5, 5.41) is 30.7. The molecule has 4 heterocycles. The highest BCUT2D eigenvalue weighted by molar-refractivity contribution is 5.93. The first-order valence-corrected chi connectivity index (χ1v) is 13.4. The Kier molecular flexibility index (Phi) is 6.94. The van der Waals surface area contributed by atoms with Crippen LogP contribution in [0.3, 0.4) is 0 Å². The minimum absolute atomic E-state index is 0.0372. The summed E-state index contributed by atoms with van der Waals surface area (Å²) in [5.74, 6) is 1.68. The number of methoxy groups -OCH3 is 1. The van der Waals surface area contributed by atoms with E-state index in [0.717, 1.165) is 29.5 Å². The lowest BCUT2D eigenvalue weighted by atomic mass is 9.95. The zero-order valence-corrected chi connectivity index (χ0v) is 22.5. The lowest BCUT2D eigenvalue weighted by molar-refractivity contribution is -0.153. The highest BCUT2D eigenvalue weighted by Gasteiger charge is 2.40. The van der Waals surface area contributed by atoms with Crippen molar-refractivity contribution in [3.05, 3.63) is 65.9 Å². The van der Waals surface area contributed by atoms with Crippen molar-refractivity contribution in [3.63, 3.8) is 0 Å². The van der Waals surface area contributed by atoms with E-state index >= 15 is 0 Å². The Bertz CT molecular complexity index is 1580. The molecule has 2 fully saturated rings. The van der Waals surface area contributed by atoms with Gasteiger partial charge in [-0.15, -0.1) is 0 Å². The lowest BCUT2D eigenvalue weighted by Crippen LogP contribution is -2.60. The normalized spacial score (nSPS) is 18.2. The molecule has 1 unspecified atom stereocenters. The van der Waals surface area contributed by atoms with Gasteiger partial charge in [0, 0.05) is 43.8 Å². The number of nitrogens with zero attached hydrogens (tertiary/aromatic N) is 3. The number of likely N-dealkylation sites (tertiary alicyclic amines) is 1. The molecule has 2 aromatic heterocycles. The van der Waals surface area contributed by atoms with Gasteiger partial charge in [0.1, 0.15) is 41.2 Å². The predicted octanol–water partition coefficient (Wildman–Crippen LogP) is 4.66. The maximum atomic E-state index is 10.8. The van der Waals surface area contributed by atoms with E-state index in [-0.39, 0.29) is 6.10 Å². The molecule has 40 heavy (non-hydrogen) atoms. The third-order valence-electron chi connectivity index (χ3n) is 7.51. The molecule has 4 aromatic rings. The standard InChI is InChI=1S/C31H31N3O6/c1-31(36)17-34(18-31)30(35)20-3-5-24(27(14-20)37-2)28-15-25-29(40-28)23(7-10-33-25)19-4-6-26(21(13-19)16-32)39-22-8-11-38-12-9-22/h3-7,10,13-15,22,30,35-36H,8-9,11-12,17-18H2,1-2H3. The molecule has 2 aromatic carbocycles. The molecule has 6 rings (SSSR count). The van der Waals surface area contributed by atoms with Gasteiger partial charge < -0.3 is 28.8 Å². The average Bonchev–Trinajstić information content (AvgIpc) is 3.40. The van der Waals surface area contributed by atoms with Crippen molar-refractivity contribution in [1.82, 2.24) is 9.88 Å². The first-order chi connectivity index (χ1) is 19.3. The fourth-order valence-electron chi connectivity index (χ4n) is 5.44. The van der Waals surface area contributed by atoms with E-state index in [1.54, 1.807) is 31.2 Å². The van der Waals surface area contributed by atoms with Crippen LogP contribution in [0.5, 0.6) is 11.5 Å². The molecule has 0 radical (unpaired) electrons. The van der Waals surface area contributed by atoms with Crippen molar-refractivity contribution in [2.45, 2.75) is 37.7 Å². The smallest absolute Gasteiger partial charge is 0.161 e. The van der Waals surface area contributed by atoms with Crippen molar-refractivity contribution in [2.24, 2.45) is 0 Å². The van der Waals surface area contributed by atoms with Crippen LogP contribution in [0.1, 0.15) is 37.1 Å². The van der Waals surface area contributed by atoms with Crippen LogP contribution in [0.2, 0.25) is 0 Å². The fraction of sp³-hybridized carbons (Fsp3) is 0.355. The maximum absolute atomic E-state index is 10.8. The van der Waals surface area contributed by atoms with Crippen molar-refractivity contribution in [3.8, 4) is 40.0 Å². The molecular weight excluding hydrogens is 510 g/mol. The molecule has 2 N–H and O–H groups in total. The monoisotopic (exact) mass is 541 g/mol. The molecule has 9 nitrogen and oxygen atoms in total. The molecule has 9 heteroatoms. The Labute approximate surface area is 232 Å². The molecule has 0 aliphatic carbocycles. The Balaban J connectivity index is 1.30. The highest BCUT2D eigenvalue weighted by Crippen LogP contribution is 2.40. The van der Waals surface area contributed by atoms with E-state index in [0.29, 0.717) is 65.8 Å². The molecule has 0 saturated carbocycles. The van der Waals surface area contributed by atoms with Crippen molar-refractivity contribution in [1.29, 1.82) is 5.26 Å². The van der Waals surface area contributed by atoms with E-state index in [4.69, 9.17) is 18.6 Å². The van der Waals surface area contributed by atoms with Gasteiger partial charge >= 0.3 is 0 Å². The van der Waals surface area contributed by atoms with E-state index in [1.165, 1.54) is 0 Å². The lowest BCUT2D eigenvalue weighted by Gasteiger charge is -2.46. The average molecular weight is 542 g/mol. The number of furan rings is 1. The van der Waals surface area contributed by atoms with E-state index in [9.17, 15) is 15.5 Å². The number of aliphatic hydroxyl groups is 2. The van der Waals surface area contributed by atoms with Gasteiger partial charge in [-0.2, -0.15) is 5.26 Å². The number of hydrogen-bond acceptors (Lipinski definition) is 9. The van der Waals surface area contributed by atoms with E-state index in [2.05, 4.69) is 11.1 Å². The van der Waals surface area contributed by atoms with Gasteiger partial charge in [0.15, 0.2) is 5.58 Å². The Morgan fingerprint density at radius 2 is 1.88 bits per heavy atom. The van der Waals surface area contributed by atoms with Crippen LogP contribution >= 0.6 is 0 Å². The summed E-state index contributed by atoms with van der Waals surface area (Å²) in [6, 6.07) is 17.0. The summed E-state index contributed by atoms with van der Waals surface area (Å²) in [7, 11) is 1.57. The second-order valence-electron chi connectivity index (χ2n) is 10.7. The predicted molar refractivity (Wildman–Crippen MR) is 148 cm³/mol. The zero-order valence-electron chi connectivity index (χ0n) is 22.5. The first kappa shape index (κ1) is 26.3. The second-order valence-corrected chi connectivity index (χ2v) is 10.7. The number of aliphatic hydroxyl groups excluding tert-OH is 1. The van der Waals surface area contributed by atoms with E-state index < -0.39 is 11.8 Å². The summed E-state index contributed by atoms with van der Waals surface area (Å²) in [6.45, 7) is 3.87. The number of rotatable bonds is 7. The van der Waals surface area contributed by atoms with Crippen molar-refractivity contribution >= 4 is 11.1 Å². The van der Waals surface area contributed by atoms with Crippen molar-refractivity contribution < 1.29 is 28.8 Å². The van der Waals surface area contributed by atoms with Crippen LogP contribution in [0, 0.1) is 11.3 Å². The number of β-amino-alcohol motifs (C(OH)–C–C–N with tert-alkyl or cyclic N) is 1. The minimum atomic E-state index is -0.847. The number of aromatic nitrogens is 1. The summed E-state index contributed by atoms with van der Waals surface area (Å²) < 4.78 is 23.5. The molecule has 2 saturated heterocycles. The Morgan fingerprint density at radius 1 is 1.07 bits per heavy atom. The second kappa shape index (κ2) is 10.6. The SMILES string of the molecule is COc1cc(C(O)N2CC(C)(O)C2)ccc1-c1cc2nccc(-c3ccc(OC4CCOCC4)c(C#N)c3)c2o1. The molecule has 0 amide bonds. The molecule has 1 atom stereocenters. The van der Waals surface area contributed by atoms with Gasteiger partial charge in [0.2, 0.25) is 0 Å². The molecule has 206 valence electrons. The molecule has 2 aliphatic rings. The molecule has 0 bridgehead atoms. The van der Waals surface area contributed by atoms with Gasteiger partial charge in [-0.25, -0.2) is 0 Å². The topological polar surface area (TPSA) is 121 Å². The van der Waals surface area contributed by atoms with Crippen LogP contribution in [0.25, 0.3) is 33.6 Å². The molecular formula is C31H31N3O6. The van der Waals surface area contributed by atoms with Crippen LogP contribution in [-0.4, -0.2) is 65.2 Å². The fourth-order valence-corrected chi connectivity index (χ4v) is 5.44. The van der Waals surface area contributed by atoms with Crippen LogP contribution < -0.4 is 9.47 Å². The van der Waals surface area contributed by atoms with Gasteiger partial charge in [0.05, 0.1) is 37.1 Å². The zero-order chi connectivity index (χ0) is 27.9. The maximum Gasteiger partial charge on any atom is 0.161 e. The molecule has 0 spiro atoms. The van der Waals surface area contributed by atoms with Gasteiger partial charge in [-0.3, -0.25) is 9.88 Å². The molecule has 2 aliphatic heterocycles. The summed E-state index contributed by atoms with van der Waals surface area (Å²) in [5.41, 5.74) is 3.95. The number of ether oxygens (including phenoxy) is 3. The third kappa shape index (κ3) is 5.03. The van der Waals surface area contributed by atoms with E-state index in [1.807, 2.05) is 42.5 Å². The van der Waals surface area contributed by atoms with Crippen LogP contribution in [0.15, 0.2) is 59.1 Å². The third-order valence-corrected chi connectivity index (χ3v) is 7.51. The van der Waals surface area contributed by atoms with Gasteiger partial charge in [-0.1, -0.05) is 12.1 Å². The van der Waals surface area contributed by atoms with Crippen LogP contribution in [0.4, 0.5) is 0 Å². The van der Waals surface area contributed by atoms with Gasteiger partial charge in [0.25, 0.3) is 0 Å². The number of pyridine rings is 1. The number of benzene rings is 2. The summed E-state index contributed by atoms with van der Waals surface area (Å²) in [6.07, 6.45) is 2.51. The highest BCUT2D eigenvalue weighted by atomic mass is 16.5. The Hall–Kier alpha value is -3.94. The van der Waals surface area contributed by atoms with Gasteiger partial charge in [-0.05, 0) is 48.4 Å². The first-order valence-electron chi connectivity index (χ1n) is 13.4. The summed E-state index contributed by atoms with van der Waals surface area (Å²) in [4.78, 5) is 6.29. The largest absolute Gasteiger partial charge is 0.496 e. The number of nitriles is 1. The number of fused-ring (bicyclic) bond motifs is 1. The Morgan fingerprint density at radius 3 is 2.60 bits per heavy atom. The number of hydrogen-bond donors (Lipinski definition) is 2.